The molecule has 1 N–H and O–H groups in total. The van der Waals surface area contributed by atoms with Crippen LogP contribution in [0.25, 0.3) is 11.3 Å². The summed E-state index contributed by atoms with van der Waals surface area (Å²) in [4.78, 5) is 15.6. The van der Waals surface area contributed by atoms with Gasteiger partial charge in [0.05, 0.1) is 10.6 Å². The van der Waals surface area contributed by atoms with Gasteiger partial charge in [0.25, 0.3) is 5.69 Å². The van der Waals surface area contributed by atoms with Crippen LogP contribution in [-0.4, -0.2) is 17.0 Å². The number of benzene rings is 1. The molecule has 1 aromatic carbocycles. The number of rotatable bonds is 3. The molecule has 0 spiro atoms. The quantitative estimate of drug-likeness (QED) is 0.670. The van der Waals surface area contributed by atoms with E-state index in [4.69, 9.17) is 0 Å². The molecule has 0 aliphatic rings. The third-order valence-electron chi connectivity index (χ3n) is 2.36. The van der Waals surface area contributed by atoms with Gasteiger partial charge in [0, 0.05) is 29.6 Å². The van der Waals surface area contributed by atoms with Crippen LogP contribution in [0.5, 0.6) is 0 Å². The summed E-state index contributed by atoms with van der Waals surface area (Å²) in [5.41, 5.74) is 1.86. The van der Waals surface area contributed by atoms with E-state index in [2.05, 4.69) is 10.3 Å². The van der Waals surface area contributed by atoms with Crippen molar-refractivity contribution in [2.75, 3.05) is 12.4 Å². The van der Waals surface area contributed by atoms with E-state index in [0.717, 1.165) is 21.3 Å². The maximum Gasteiger partial charge on any atom is 0.269 e. The first-order chi connectivity index (χ1) is 8.11. The third-order valence-corrected chi connectivity index (χ3v) is 3.35. The van der Waals surface area contributed by atoms with Crippen LogP contribution < -0.4 is 5.32 Å². The Balaban J connectivity index is 2.39. The molecule has 0 aliphatic carbocycles. The van der Waals surface area contributed by atoms with E-state index in [1.54, 1.807) is 23.5 Å². The number of hydrogen-bond acceptors (Lipinski definition) is 5. The predicted octanol–water partition coefficient (Wildman–Crippen LogP) is 3.07. The van der Waals surface area contributed by atoms with Gasteiger partial charge in [0.2, 0.25) is 0 Å². The highest BCUT2D eigenvalue weighted by Gasteiger charge is 2.10. The molecule has 6 heteroatoms. The zero-order valence-electron chi connectivity index (χ0n) is 9.43. The van der Waals surface area contributed by atoms with Crippen molar-refractivity contribution >= 4 is 22.2 Å². The van der Waals surface area contributed by atoms with Crippen LogP contribution in [0.4, 0.5) is 10.8 Å². The Bertz CT molecular complexity index is 548. The molecular weight excluding hydrogens is 238 g/mol. The second-order valence-electron chi connectivity index (χ2n) is 3.48. The molecule has 2 rings (SSSR count). The van der Waals surface area contributed by atoms with Crippen molar-refractivity contribution in [3.8, 4) is 11.3 Å². The minimum Gasteiger partial charge on any atom is -0.365 e. The lowest BCUT2D eigenvalue weighted by Gasteiger charge is -1.98. The minimum atomic E-state index is -0.406. The van der Waals surface area contributed by atoms with Gasteiger partial charge in [-0.05, 0) is 19.1 Å². The van der Waals surface area contributed by atoms with Gasteiger partial charge < -0.3 is 5.32 Å². The molecule has 0 bridgehead atoms. The van der Waals surface area contributed by atoms with Gasteiger partial charge in [-0.3, -0.25) is 10.1 Å². The maximum atomic E-state index is 10.5. The number of non-ortho nitro benzene ring substituents is 1. The van der Waals surface area contributed by atoms with Crippen LogP contribution in [0.3, 0.4) is 0 Å². The van der Waals surface area contributed by atoms with Crippen molar-refractivity contribution in [3.05, 3.63) is 39.3 Å². The smallest absolute Gasteiger partial charge is 0.269 e. The molecule has 17 heavy (non-hydrogen) atoms. The molecule has 0 unspecified atom stereocenters. The summed E-state index contributed by atoms with van der Waals surface area (Å²) in [5.74, 6) is 0. The lowest BCUT2D eigenvalue weighted by atomic mass is 10.1. The third kappa shape index (κ3) is 2.26. The van der Waals surface area contributed by atoms with Crippen LogP contribution in [0, 0.1) is 17.0 Å². The summed E-state index contributed by atoms with van der Waals surface area (Å²) in [6.07, 6.45) is 0. The Morgan fingerprint density at radius 1 is 1.35 bits per heavy atom. The zero-order valence-corrected chi connectivity index (χ0v) is 10.2. The van der Waals surface area contributed by atoms with Crippen LogP contribution >= 0.6 is 11.3 Å². The summed E-state index contributed by atoms with van der Waals surface area (Å²) in [5, 5.41) is 14.4. The normalized spacial score (nSPS) is 10.2. The number of nitrogens with one attached hydrogen (secondary N) is 1. The Labute approximate surface area is 102 Å². The van der Waals surface area contributed by atoms with Gasteiger partial charge in [-0.1, -0.05) is 0 Å². The highest BCUT2D eigenvalue weighted by Crippen LogP contribution is 2.30. The molecule has 0 aliphatic heterocycles. The van der Waals surface area contributed by atoms with Gasteiger partial charge in [-0.2, -0.15) is 0 Å². The first kappa shape index (κ1) is 11.5. The highest BCUT2D eigenvalue weighted by atomic mass is 32.1. The lowest BCUT2D eigenvalue weighted by molar-refractivity contribution is -0.384. The molecule has 1 heterocycles. The summed E-state index contributed by atoms with van der Waals surface area (Å²) in [7, 11) is 1.82. The molecule has 2 aromatic rings. The van der Waals surface area contributed by atoms with Crippen LogP contribution in [0.1, 0.15) is 4.88 Å². The number of aryl methyl sites for hydroxylation is 1. The van der Waals surface area contributed by atoms with E-state index in [1.165, 1.54) is 12.1 Å². The Morgan fingerprint density at radius 2 is 2.00 bits per heavy atom. The average Bonchev–Trinajstić information content (AvgIpc) is 2.71. The second kappa shape index (κ2) is 4.50. The molecule has 0 saturated carbocycles. The summed E-state index contributed by atoms with van der Waals surface area (Å²) in [6.45, 7) is 1.98. The first-order valence-electron chi connectivity index (χ1n) is 5.02. The number of aromatic nitrogens is 1. The lowest BCUT2D eigenvalue weighted by Crippen LogP contribution is -1.88. The Morgan fingerprint density at radius 3 is 2.47 bits per heavy atom. The van der Waals surface area contributed by atoms with Crippen molar-refractivity contribution in [3.63, 3.8) is 0 Å². The molecule has 0 atom stereocenters. The number of nitro benzene ring substituents is 1. The van der Waals surface area contributed by atoms with Crippen molar-refractivity contribution in [1.82, 2.24) is 4.98 Å². The summed E-state index contributed by atoms with van der Waals surface area (Å²) < 4.78 is 0. The van der Waals surface area contributed by atoms with E-state index >= 15 is 0 Å². The number of nitro groups is 1. The topological polar surface area (TPSA) is 68.1 Å². The monoisotopic (exact) mass is 249 g/mol. The van der Waals surface area contributed by atoms with E-state index in [-0.39, 0.29) is 5.69 Å². The fourth-order valence-electron chi connectivity index (χ4n) is 1.51. The number of nitrogens with zero attached hydrogens (tertiary/aromatic N) is 2. The fraction of sp³-hybridized carbons (Fsp3) is 0.182. The molecule has 0 saturated heterocycles. The molecule has 0 amide bonds. The van der Waals surface area contributed by atoms with Gasteiger partial charge in [-0.15, -0.1) is 11.3 Å². The van der Waals surface area contributed by atoms with Crippen LogP contribution in [0.2, 0.25) is 0 Å². The molecule has 0 fully saturated rings. The van der Waals surface area contributed by atoms with Crippen molar-refractivity contribution in [1.29, 1.82) is 0 Å². The Hall–Kier alpha value is -1.95. The van der Waals surface area contributed by atoms with Crippen LogP contribution in [0.15, 0.2) is 24.3 Å². The van der Waals surface area contributed by atoms with Gasteiger partial charge in [0.1, 0.15) is 0 Å². The number of anilines is 1. The first-order valence-corrected chi connectivity index (χ1v) is 5.83. The van der Waals surface area contributed by atoms with Gasteiger partial charge in [-0.25, -0.2) is 4.98 Å². The Kier molecular flexibility index (Phi) is 3.06. The second-order valence-corrected chi connectivity index (χ2v) is 4.68. The number of thiazole rings is 1. The van der Waals surface area contributed by atoms with Gasteiger partial charge in [0.15, 0.2) is 5.13 Å². The molecule has 0 radical (unpaired) electrons. The van der Waals surface area contributed by atoms with Gasteiger partial charge >= 0.3 is 0 Å². The minimum absolute atomic E-state index is 0.0930. The molecule has 5 nitrogen and oxygen atoms in total. The fourth-order valence-corrected chi connectivity index (χ4v) is 2.30. The van der Waals surface area contributed by atoms with E-state index < -0.39 is 4.92 Å². The molecular formula is C11H11N3O2S. The summed E-state index contributed by atoms with van der Waals surface area (Å²) >= 11 is 1.56. The SMILES string of the molecule is CNc1nc(-c2ccc([N+](=O)[O-])cc2)c(C)s1. The predicted molar refractivity (Wildman–Crippen MR) is 68.5 cm³/mol. The van der Waals surface area contributed by atoms with Crippen molar-refractivity contribution < 1.29 is 4.92 Å². The average molecular weight is 249 g/mol. The molecule has 88 valence electrons. The largest absolute Gasteiger partial charge is 0.365 e. The van der Waals surface area contributed by atoms with E-state index in [9.17, 15) is 10.1 Å². The molecule has 1 aromatic heterocycles. The maximum absolute atomic E-state index is 10.5. The highest BCUT2D eigenvalue weighted by molar-refractivity contribution is 7.15. The van der Waals surface area contributed by atoms with E-state index in [1.807, 2.05) is 14.0 Å². The van der Waals surface area contributed by atoms with E-state index in [0.29, 0.717) is 0 Å². The zero-order chi connectivity index (χ0) is 12.4. The number of hydrogen-bond donors (Lipinski definition) is 1. The summed E-state index contributed by atoms with van der Waals surface area (Å²) in [6, 6.07) is 6.43. The van der Waals surface area contributed by atoms with Crippen LogP contribution in [-0.2, 0) is 0 Å². The van der Waals surface area contributed by atoms with Crippen molar-refractivity contribution in [2.24, 2.45) is 0 Å². The standard InChI is InChI=1S/C11H11N3O2S/c1-7-10(13-11(12-2)17-7)8-3-5-9(6-4-8)14(15)16/h3-6H,1-2H3,(H,12,13). The van der Waals surface area contributed by atoms with Crippen molar-refractivity contribution in [2.45, 2.75) is 6.92 Å².